The third-order valence-electron chi connectivity index (χ3n) is 9.37. The van der Waals surface area contributed by atoms with E-state index in [2.05, 4.69) is 136 Å². The Hall–Kier alpha value is -2.16. The van der Waals surface area contributed by atoms with Gasteiger partial charge < -0.3 is 10.2 Å². The highest BCUT2D eigenvalue weighted by Gasteiger charge is 2.35. The van der Waals surface area contributed by atoms with Gasteiger partial charge in [0.25, 0.3) is 0 Å². The molecule has 2 heteroatoms. The molecule has 1 fully saturated rings. The van der Waals surface area contributed by atoms with Crippen molar-refractivity contribution < 1.29 is 10.2 Å². The lowest BCUT2D eigenvalue weighted by Gasteiger charge is -2.40. The zero-order valence-corrected chi connectivity index (χ0v) is 28.4. The first-order valence-corrected chi connectivity index (χ1v) is 16.4. The Bertz CT molecular complexity index is 1090. The van der Waals surface area contributed by atoms with Gasteiger partial charge in [-0.3, -0.25) is 0 Å². The molecule has 234 valence electrons. The molecule has 1 saturated carbocycles. The van der Waals surface area contributed by atoms with E-state index in [4.69, 9.17) is 0 Å². The smallest absolute Gasteiger partial charge is 0.0608 e. The molecule has 2 aliphatic carbocycles. The van der Waals surface area contributed by atoms with Crippen molar-refractivity contribution in [2.45, 2.75) is 119 Å². The predicted molar refractivity (Wildman–Crippen MR) is 184 cm³/mol. The molecule has 0 aromatic carbocycles. The van der Waals surface area contributed by atoms with Crippen LogP contribution < -0.4 is 0 Å². The molecule has 3 unspecified atom stereocenters. The summed E-state index contributed by atoms with van der Waals surface area (Å²) < 4.78 is 0. The number of rotatable bonds is 13. The van der Waals surface area contributed by atoms with E-state index >= 15 is 0 Å². The van der Waals surface area contributed by atoms with Crippen LogP contribution in [0.5, 0.6) is 0 Å². The van der Waals surface area contributed by atoms with Gasteiger partial charge in [-0.1, -0.05) is 146 Å². The normalized spacial score (nSPS) is 29.2. The summed E-state index contributed by atoms with van der Waals surface area (Å²) >= 11 is 0. The van der Waals surface area contributed by atoms with E-state index in [1.807, 2.05) is 0 Å². The molecule has 0 bridgehead atoms. The lowest BCUT2D eigenvalue weighted by atomic mass is 9.67. The Kier molecular flexibility index (Phi) is 14.3. The summed E-state index contributed by atoms with van der Waals surface area (Å²) in [5.74, 6) is 1.72. The SMILES string of the molecule is C=C(/C=C/C=C/C(C)C/C=C/C(C)C/C=C1\C(C)C[C@H](O)CC1(C)C)/C=C/C=C(\C)CCC1=C[C@H](C)[C@H](O)CC1(C)C. The minimum atomic E-state index is -0.222. The number of aliphatic hydroxyl groups is 2. The first kappa shape index (κ1) is 36.0. The second kappa shape index (κ2) is 16.6. The first-order valence-electron chi connectivity index (χ1n) is 16.4. The van der Waals surface area contributed by atoms with Gasteiger partial charge in [-0.05, 0) is 86.0 Å². The summed E-state index contributed by atoms with van der Waals surface area (Å²) in [4.78, 5) is 0. The molecular formula is C40H62O2. The lowest BCUT2D eigenvalue weighted by molar-refractivity contribution is 0.0765. The summed E-state index contributed by atoms with van der Waals surface area (Å²) in [6.45, 7) is 24.3. The Balaban J connectivity index is 1.73. The Morgan fingerprint density at radius 2 is 1.62 bits per heavy atom. The van der Waals surface area contributed by atoms with E-state index in [0.29, 0.717) is 17.8 Å². The first-order chi connectivity index (χ1) is 19.6. The van der Waals surface area contributed by atoms with Crippen LogP contribution in [0.2, 0.25) is 0 Å². The van der Waals surface area contributed by atoms with Crippen molar-refractivity contribution >= 4 is 0 Å². The molecule has 0 amide bonds. The molecule has 0 spiro atoms. The van der Waals surface area contributed by atoms with Crippen molar-refractivity contribution in [1.29, 1.82) is 0 Å². The van der Waals surface area contributed by atoms with Crippen molar-refractivity contribution in [3.05, 3.63) is 95.7 Å². The summed E-state index contributed by atoms with van der Waals surface area (Å²) in [6, 6.07) is 0. The fourth-order valence-electron chi connectivity index (χ4n) is 6.62. The van der Waals surface area contributed by atoms with Gasteiger partial charge >= 0.3 is 0 Å². The maximum Gasteiger partial charge on any atom is 0.0608 e. The monoisotopic (exact) mass is 574 g/mol. The molecule has 0 aromatic heterocycles. The van der Waals surface area contributed by atoms with Gasteiger partial charge in [-0.15, -0.1) is 0 Å². The van der Waals surface area contributed by atoms with Crippen LogP contribution >= 0.6 is 0 Å². The molecule has 0 saturated heterocycles. The second-order valence-corrected chi connectivity index (χ2v) is 14.8. The Labute approximate surface area is 259 Å². The number of hydrogen-bond donors (Lipinski definition) is 2. The maximum atomic E-state index is 10.2. The van der Waals surface area contributed by atoms with Crippen LogP contribution in [0, 0.1) is 34.5 Å². The summed E-state index contributed by atoms with van der Waals surface area (Å²) in [5, 5.41) is 20.4. The maximum absolute atomic E-state index is 10.2. The molecule has 0 aliphatic heterocycles. The predicted octanol–water partition coefficient (Wildman–Crippen LogP) is 10.6. The highest BCUT2D eigenvalue weighted by molar-refractivity contribution is 5.32. The van der Waals surface area contributed by atoms with E-state index in [-0.39, 0.29) is 29.0 Å². The Morgan fingerprint density at radius 1 is 0.952 bits per heavy atom. The number of aliphatic hydroxyl groups excluding tert-OH is 2. The molecule has 2 N–H and O–H groups in total. The summed E-state index contributed by atoms with van der Waals surface area (Å²) in [7, 11) is 0. The topological polar surface area (TPSA) is 40.5 Å². The van der Waals surface area contributed by atoms with Crippen molar-refractivity contribution in [3.8, 4) is 0 Å². The van der Waals surface area contributed by atoms with E-state index < -0.39 is 0 Å². The van der Waals surface area contributed by atoms with Gasteiger partial charge in [0.05, 0.1) is 12.2 Å². The molecule has 0 radical (unpaired) electrons. The minimum absolute atomic E-state index is 0.0796. The summed E-state index contributed by atoms with van der Waals surface area (Å²) in [6.07, 6.45) is 30.7. The van der Waals surface area contributed by atoms with Gasteiger partial charge in [-0.2, -0.15) is 0 Å². The van der Waals surface area contributed by atoms with Crippen LogP contribution in [0.1, 0.15) is 107 Å². The number of allylic oxidation sites excluding steroid dienone is 14. The fourth-order valence-corrected chi connectivity index (χ4v) is 6.62. The molecule has 2 nitrogen and oxygen atoms in total. The van der Waals surface area contributed by atoms with Gasteiger partial charge in [0, 0.05) is 5.92 Å². The largest absolute Gasteiger partial charge is 0.393 e. The average molecular weight is 575 g/mol. The van der Waals surface area contributed by atoms with Crippen LogP contribution in [-0.2, 0) is 0 Å². The zero-order chi connectivity index (χ0) is 31.5. The molecular weight excluding hydrogens is 512 g/mol. The van der Waals surface area contributed by atoms with Crippen LogP contribution in [0.25, 0.3) is 0 Å². The molecule has 6 atom stereocenters. The van der Waals surface area contributed by atoms with E-state index in [1.165, 1.54) is 16.7 Å². The summed E-state index contributed by atoms with van der Waals surface area (Å²) in [5.41, 5.74) is 5.52. The third-order valence-corrected chi connectivity index (χ3v) is 9.37. The standard InChI is InChI=1S/C40H62O2/c1-29(17-13-19-31(3)21-23-35-25-34(6)38(42)28-39(35,7)8)15-11-12-16-30(2)18-14-20-32(4)22-24-37-33(5)26-36(41)27-40(37,9)10/h11-17,19-20,24-25,30,32-34,36,38,41-42H,1,18,21-23,26-28H2,2-10H3/b15-11+,16-12+,17-13+,20-14+,31-19+,37-24+/t30?,32?,33?,34-,36-,38+/m0/s1. The van der Waals surface area contributed by atoms with Crippen molar-refractivity contribution in [3.63, 3.8) is 0 Å². The van der Waals surface area contributed by atoms with Crippen molar-refractivity contribution in [2.75, 3.05) is 0 Å². The highest BCUT2D eigenvalue weighted by atomic mass is 16.3. The zero-order valence-electron chi connectivity index (χ0n) is 28.4. The molecule has 42 heavy (non-hydrogen) atoms. The highest BCUT2D eigenvalue weighted by Crippen LogP contribution is 2.44. The van der Waals surface area contributed by atoms with Gasteiger partial charge in [0.1, 0.15) is 0 Å². The van der Waals surface area contributed by atoms with Crippen molar-refractivity contribution in [2.24, 2.45) is 34.5 Å². The molecule has 0 heterocycles. The van der Waals surface area contributed by atoms with Crippen LogP contribution in [0.3, 0.4) is 0 Å². The molecule has 2 rings (SSSR count). The average Bonchev–Trinajstić information content (AvgIpc) is 2.86. The Morgan fingerprint density at radius 3 is 2.31 bits per heavy atom. The van der Waals surface area contributed by atoms with E-state index in [1.54, 1.807) is 0 Å². The van der Waals surface area contributed by atoms with Gasteiger partial charge in [0.2, 0.25) is 0 Å². The fraction of sp³-hybridized carbons (Fsp3) is 0.600. The lowest BCUT2D eigenvalue weighted by Crippen LogP contribution is -2.33. The minimum Gasteiger partial charge on any atom is -0.393 e. The quantitative estimate of drug-likeness (QED) is 0.170. The molecule has 0 aromatic rings. The second-order valence-electron chi connectivity index (χ2n) is 14.8. The van der Waals surface area contributed by atoms with E-state index in [9.17, 15) is 10.2 Å². The van der Waals surface area contributed by atoms with Crippen molar-refractivity contribution in [1.82, 2.24) is 0 Å². The van der Waals surface area contributed by atoms with Crippen LogP contribution in [0.15, 0.2) is 95.7 Å². The van der Waals surface area contributed by atoms with Crippen LogP contribution in [-0.4, -0.2) is 22.4 Å². The van der Waals surface area contributed by atoms with E-state index in [0.717, 1.165) is 50.5 Å². The third kappa shape index (κ3) is 12.2. The van der Waals surface area contributed by atoms with Gasteiger partial charge in [0.15, 0.2) is 0 Å². The number of hydrogen-bond acceptors (Lipinski definition) is 2. The molecule has 2 aliphatic rings. The van der Waals surface area contributed by atoms with Crippen LogP contribution in [0.4, 0.5) is 0 Å². The van der Waals surface area contributed by atoms with Gasteiger partial charge in [-0.25, -0.2) is 0 Å².